The highest BCUT2D eigenvalue weighted by atomic mass is 35.5. The summed E-state index contributed by atoms with van der Waals surface area (Å²) in [6.07, 6.45) is 4.62. The Balaban J connectivity index is 1.67. The van der Waals surface area contributed by atoms with Crippen molar-refractivity contribution in [2.24, 2.45) is 0 Å². The first-order valence-corrected chi connectivity index (χ1v) is 11.5. The number of benzene rings is 2. The molecule has 0 atom stereocenters. The Morgan fingerprint density at radius 2 is 1.77 bits per heavy atom. The Labute approximate surface area is 185 Å². The summed E-state index contributed by atoms with van der Waals surface area (Å²) >= 11 is 11.9. The molecule has 30 heavy (non-hydrogen) atoms. The van der Waals surface area contributed by atoms with E-state index in [0.29, 0.717) is 0 Å². The first kappa shape index (κ1) is 22.1. The van der Waals surface area contributed by atoms with E-state index >= 15 is 0 Å². The normalized spacial score (nSPS) is 11.3. The lowest BCUT2D eigenvalue weighted by molar-refractivity contribution is -0.119. The number of rotatable bonds is 7. The van der Waals surface area contributed by atoms with Gasteiger partial charge < -0.3 is 9.88 Å². The molecule has 0 aliphatic heterocycles. The molecule has 0 unspecified atom stereocenters. The van der Waals surface area contributed by atoms with Crippen LogP contribution in [-0.2, 0) is 21.4 Å². The Morgan fingerprint density at radius 3 is 2.30 bits per heavy atom. The average Bonchev–Trinajstić information content (AvgIpc) is 3.09. The molecule has 0 saturated heterocycles. The number of amides is 1. The standard InChI is InChI=1S/C20H20Cl2N4O3S/c1-14-23-7-8-25(14)18-5-3-15(4-6-18)12-24-20(27)13-26(30(2,28)29)19-10-16(21)9-17(22)11-19/h3-11H,12-13H2,1-2H3,(H,24,27). The highest BCUT2D eigenvalue weighted by Gasteiger charge is 2.21. The lowest BCUT2D eigenvalue weighted by atomic mass is 10.2. The topological polar surface area (TPSA) is 84.3 Å². The minimum atomic E-state index is -3.72. The van der Waals surface area contributed by atoms with E-state index < -0.39 is 15.9 Å². The number of halogens is 2. The average molecular weight is 467 g/mol. The number of nitrogens with zero attached hydrogens (tertiary/aromatic N) is 3. The molecule has 1 amide bonds. The van der Waals surface area contributed by atoms with Crippen molar-refractivity contribution in [2.45, 2.75) is 13.5 Å². The molecule has 0 saturated carbocycles. The molecular weight excluding hydrogens is 447 g/mol. The van der Waals surface area contributed by atoms with Gasteiger partial charge in [-0.3, -0.25) is 9.10 Å². The van der Waals surface area contributed by atoms with Crippen molar-refractivity contribution < 1.29 is 13.2 Å². The molecule has 1 heterocycles. The minimum absolute atomic E-state index is 0.227. The zero-order valence-electron chi connectivity index (χ0n) is 16.3. The third-order valence-corrected chi connectivity index (χ3v) is 5.93. The predicted molar refractivity (Wildman–Crippen MR) is 119 cm³/mol. The number of hydrogen-bond donors (Lipinski definition) is 1. The van der Waals surface area contributed by atoms with E-state index in [0.717, 1.165) is 27.6 Å². The van der Waals surface area contributed by atoms with Gasteiger partial charge in [0.2, 0.25) is 15.9 Å². The second-order valence-electron chi connectivity index (χ2n) is 6.68. The number of carbonyl (C=O) groups excluding carboxylic acids is 1. The lowest BCUT2D eigenvalue weighted by Crippen LogP contribution is -2.40. The van der Waals surface area contributed by atoms with E-state index in [1.54, 1.807) is 6.20 Å². The molecule has 0 radical (unpaired) electrons. The highest BCUT2D eigenvalue weighted by molar-refractivity contribution is 7.92. The van der Waals surface area contributed by atoms with E-state index in [1.807, 2.05) is 42.0 Å². The molecule has 0 aliphatic carbocycles. The third-order valence-electron chi connectivity index (χ3n) is 4.35. The number of sulfonamides is 1. The number of anilines is 1. The third kappa shape index (κ3) is 5.53. The number of aryl methyl sites for hydroxylation is 1. The smallest absolute Gasteiger partial charge is 0.241 e. The predicted octanol–water partition coefficient (Wildman–Crippen LogP) is 3.57. The summed E-state index contributed by atoms with van der Waals surface area (Å²) in [6.45, 7) is 1.78. The SMILES string of the molecule is Cc1nccn1-c1ccc(CNC(=O)CN(c2cc(Cl)cc(Cl)c2)S(C)(=O)=O)cc1. The summed E-state index contributed by atoms with van der Waals surface area (Å²) in [5.74, 6) is 0.420. The molecule has 7 nitrogen and oxygen atoms in total. The maximum atomic E-state index is 12.4. The van der Waals surface area contributed by atoms with Crippen LogP contribution >= 0.6 is 23.2 Å². The molecular formula is C20H20Cl2N4O3S. The Kier molecular flexibility index (Phi) is 6.70. The molecule has 3 rings (SSSR count). The first-order chi connectivity index (χ1) is 14.1. The fraction of sp³-hybridized carbons (Fsp3) is 0.200. The van der Waals surface area contributed by atoms with Gasteiger partial charge in [0.25, 0.3) is 0 Å². The summed E-state index contributed by atoms with van der Waals surface area (Å²) in [4.78, 5) is 16.6. The van der Waals surface area contributed by atoms with Crippen LogP contribution in [0, 0.1) is 6.92 Å². The summed E-state index contributed by atoms with van der Waals surface area (Å²) in [6, 6.07) is 12.0. The highest BCUT2D eigenvalue weighted by Crippen LogP contribution is 2.26. The van der Waals surface area contributed by atoms with E-state index in [2.05, 4.69) is 10.3 Å². The molecule has 10 heteroatoms. The molecule has 2 aromatic carbocycles. The molecule has 1 aromatic heterocycles. The van der Waals surface area contributed by atoms with Crippen LogP contribution < -0.4 is 9.62 Å². The first-order valence-electron chi connectivity index (χ1n) is 8.93. The Morgan fingerprint density at radius 1 is 1.13 bits per heavy atom. The number of hydrogen-bond acceptors (Lipinski definition) is 4. The minimum Gasteiger partial charge on any atom is -0.350 e. The molecule has 3 aromatic rings. The Bertz CT molecular complexity index is 1140. The fourth-order valence-electron chi connectivity index (χ4n) is 2.90. The number of imidazole rings is 1. The summed E-state index contributed by atoms with van der Waals surface area (Å²) in [5.41, 5.74) is 2.06. The molecule has 0 aliphatic rings. The van der Waals surface area contributed by atoms with Gasteiger partial charge in [-0.25, -0.2) is 13.4 Å². The molecule has 1 N–H and O–H groups in total. The van der Waals surface area contributed by atoms with Crippen LogP contribution in [0.2, 0.25) is 10.0 Å². The zero-order chi connectivity index (χ0) is 21.9. The van der Waals surface area contributed by atoms with Crippen LogP contribution in [0.1, 0.15) is 11.4 Å². The molecule has 0 bridgehead atoms. The lowest BCUT2D eigenvalue weighted by Gasteiger charge is -2.22. The van der Waals surface area contributed by atoms with Gasteiger partial charge in [-0.1, -0.05) is 35.3 Å². The van der Waals surface area contributed by atoms with Crippen molar-refractivity contribution in [3.63, 3.8) is 0 Å². The number of aromatic nitrogens is 2. The van der Waals surface area contributed by atoms with E-state index in [-0.39, 0.29) is 28.8 Å². The van der Waals surface area contributed by atoms with Crippen LogP contribution in [-0.4, -0.2) is 36.7 Å². The van der Waals surface area contributed by atoms with Gasteiger partial charge in [-0.05, 0) is 42.8 Å². The summed E-state index contributed by atoms with van der Waals surface area (Å²) in [5, 5.41) is 3.29. The maximum absolute atomic E-state index is 12.4. The van der Waals surface area contributed by atoms with Gasteiger partial charge in [-0.15, -0.1) is 0 Å². The van der Waals surface area contributed by atoms with Crippen molar-refractivity contribution in [1.82, 2.24) is 14.9 Å². The largest absolute Gasteiger partial charge is 0.350 e. The monoisotopic (exact) mass is 466 g/mol. The van der Waals surface area contributed by atoms with Gasteiger partial charge in [0.15, 0.2) is 0 Å². The van der Waals surface area contributed by atoms with Crippen LogP contribution in [0.25, 0.3) is 5.69 Å². The van der Waals surface area contributed by atoms with Gasteiger partial charge >= 0.3 is 0 Å². The van der Waals surface area contributed by atoms with Gasteiger partial charge in [-0.2, -0.15) is 0 Å². The van der Waals surface area contributed by atoms with Gasteiger partial charge in [0.1, 0.15) is 12.4 Å². The van der Waals surface area contributed by atoms with Crippen molar-refractivity contribution >= 4 is 44.8 Å². The van der Waals surface area contributed by atoms with Crippen LogP contribution in [0.3, 0.4) is 0 Å². The molecule has 0 spiro atoms. The summed E-state index contributed by atoms with van der Waals surface area (Å²) in [7, 11) is -3.72. The van der Waals surface area contributed by atoms with Crippen molar-refractivity contribution in [3.05, 3.63) is 76.3 Å². The maximum Gasteiger partial charge on any atom is 0.241 e. The zero-order valence-corrected chi connectivity index (χ0v) is 18.7. The Hall–Kier alpha value is -2.55. The molecule has 0 fully saturated rings. The quantitative estimate of drug-likeness (QED) is 0.576. The van der Waals surface area contributed by atoms with Gasteiger partial charge in [0, 0.05) is 34.7 Å². The van der Waals surface area contributed by atoms with Crippen molar-refractivity contribution in [3.8, 4) is 5.69 Å². The number of nitrogens with one attached hydrogen (secondary N) is 1. The summed E-state index contributed by atoms with van der Waals surface area (Å²) < 4.78 is 27.3. The van der Waals surface area contributed by atoms with Crippen LogP contribution in [0.5, 0.6) is 0 Å². The van der Waals surface area contributed by atoms with Crippen LogP contribution in [0.15, 0.2) is 54.9 Å². The second-order valence-corrected chi connectivity index (χ2v) is 9.46. The van der Waals surface area contributed by atoms with Gasteiger partial charge in [0.05, 0.1) is 11.9 Å². The van der Waals surface area contributed by atoms with E-state index in [4.69, 9.17) is 23.2 Å². The van der Waals surface area contributed by atoms with Crippen molar-refractivity contribution in [1.29, 1.82) is 0 Å². The van der Waals surface area contributed by atoms with E-state index in [9.17, 15) is 13.2 Å². The fourth-order valence-corrected chi connectivity index (χ4v) is 4.25. The molecule has 158 valence electrons. The second kappa shape index (κ2) is 9.07. The van der Waals surface area contributed by atoms with Crippen molar-refractivity contribution in [2.75, 3.05) is 17.1 Å². The number of carbonyl (C=O) groups is 1. The van der Waals surface area contributed by atoms with Crippen LogP contribution in [0.4, 0.5) is 5.69 Å². The van der Waals surface area contributed by atoms with E-state index in [1.165, 1.54) is 18.2 Å².